The molecule has 2 nitrogen and oxygen atoms in total. The van der Waals surface area contributed by atoms with Gasteiger partial charge in [0.2, 0.25) is 0 Å². The summed E-state index contributed by atoms with van der Waals surface area (Å²) in [5.41, 5.74) is 0. The zero-order chi connectivity index (χ0) is 2.00. The van der Waals surface area contributed by atoms with E-state index in [2.05, 4.69) is 0 Å². The van der Waals surface area contributed by atoms with Crippen LogP contribution in [0, 0.1) is 0 Å². The van der Waals surface area contributed by atoms with E-state index in [0.717, 1.165) is 0 Å². The molecule has 0 atom stereocenters. The van der Waals surface area contributed by atoms with Crippen LogP contribution in [0.4, 0.5) is 0 Å². The third-order valence-corrected chi connectivity index (χ3v) is 0. The van der Waals surface area contributed by atoms with Crippen molar-refractivity contribution in [3.8, 4) is 0 Å². The maximum absolute atomic E-state index is 7.00. The minimum atomic E-state index is 0. The van der Waals surface area contributed by atoms with Gasteiger partial charge in [0.25, 0.3) is 0 Å². The van der Waals surface area contributed by atoms with Gasteiger partial charge in [0, 0.05) is 0 Å². The van der Waals surface area contributed by atoms with E-state index < -0.39 is 0 Å². The van der Waals surface area contributed by atoms with Crippen molar-refractivity contribution in [1.82, 2.24) is 0 Å². The van der Waals surface area contributed by atoms with Gasteiger partial charge in [-0.2, -0.15) is 0 Å². The molecule has 0 saturated carbocycles. The van der Waals surface area contributed by atoms with E-state index in [9.17, 15) is 0 Å². The summed E-state index contributed by atoms with van der Waals surface area (Å²) in [7, 11) is 0. The van der Waals surface area contributed by atoms with Crippen LogP contribution in [0.3, 0.4) is 0 Å². The fraction of sp³-hybridized carbons (Fsp3) is 0. The fourth-order valence-electron chi connectivity index (χ4n) is 0. The molecule has 0 aromatic rings. The molecule has 0 unspecified atom stereocenters. The number of rotatable bonds is 0. The number of hydrogen-bond acceptors (Lipinski definition) is 2. The van der Waals surface area contributed by atoms with E-state index in [1.165, 1.54) is 0 Å². The predicted molar refractivity (Wildman–Crippen MR) is 0 cm³/mol. The van der Waals surface area contributed by atoms with Crippen molar-refractivity contribution < 1.29 is 48.2 Å². The van der Waals surface area contributed by atoms with Crippen molar-refractivity contribution in [3.63, 3.8) is 0 Å². The Morgan fingerprint density at radius 2 is 0.750 bits per heavy atom. The third kappa shape index (κ3) is 11.2. The average molecular weight is 45.9 g/mol. The third-order valence-electron chi connectivity index (χ3n) is 0. The van der Waals surface area contributed by atoms with Gasteiger partial charge < -0.3 is 10.5 Å². The normalized spacial score (nSPS) is 1.50. The van der Waals surface area contributed by atoms with Crippen LogP contribution in [0.1, 0.15) is 0 Å². The Labute approximate surface area is 48.5 Å². The molecule has 0 radical (unpaired) electrons. The smallest absolute Gasteiger partial charge is 1.00 e. The van der Waals surface area contributed by atoms with Gasteiger partial charge in [0.15, 0.2) is 0 Å². The van der Waals surface area contributed by atoms with Gasteiger partial charge >= 0.3 is 37.7 Å². The molecule has 0 bridgehead atoms. The van der Waals surface area contributed by atoms with Crippen LogP contribution in [-0.4, -0.2) is 0 Å². The molecule has 14 valence electrons. The van der Waals surface area contributed by atoms with E-state index in [1.54, 1.807) is 0 Å². The molecule has 0 saturated heterocycles. The first-order valence-electron chi connectivity index (χ1n) is 0.167. The van der Waals surface area contributed by atoms with E-state index >= 15 is 0 Å². The molecular formula is Li2O2. The molecule has 0 amide bonds. The average Bonchev–Trinajstić information content (AvgIpc) is 1.00. The molecule has 0 aromatic heterocycles. The van der Waals surface area contributed by atoms with Gasteiger partial charge in [-0.25, -0.2) is 0 Å². The maximum atomic E-state index is 7.00. The van der Waals surface area contributed by atoms with Gasteiger partial charge in [-0.05, 0) is 0 Å². The molecule has 0 rings (SSSR count). The maximum Gasteiger partial charge on any atom is 1.00 e. The molecule has 0 fully saturated rings. The molecule has 0 aromatic carbocycles. The van der Waals surface area contributed by atoms with Crippen molar-refractivity contribution >= 4 is 0 Å². The van der Waals surface area contributed by atoms with Crippen LogP contribution in [-0.2, 0) is 0 Å². The Kier molecular flexibility index (Phi) is 156. The van der Waals surface area contributed by atoms with Gasteiger partial charge in [-0.3, -0.25) is 0 Å². The van der Waals surface area contributed by atoms with E-state index in [-0.39, 0.29) is 37.7 Å². The molecule has 0 aliphatic heterocycles. The van der Waals surface area contributed by atoms with Crippen molar-refractivity contribution in [2.24, 2.45) is 0 Å². The van der Waals surface area contributed by atoms with Gasteiger partial charge in [-0.1, -0.05) is 0 Å². The Balaban J connectivity index is -0.00000000500. The largest absolute Gasteiger partial charge is 1.00 e. The topological polar surface area (TPSA) is 46.1 Å². The Bertz CT molecular complexity index is 4.00. The Hall–Kier alpha value is 1.11. The van der Waals surface area contributed by atoms with Crippen LogP contribution < -0.4 is 48.2 Å². The molecule has 0 heterocycles. The summed E-state index contributed by atoms with van der Waals surface area (Å²) in [6, 6.07) is 0. The second-order valence-electron chi connectivity index (χ2n) is 0. The summed E-state index contributed by atoms with van der Waals surface area (Å²) in [6.45, 7) is 0. The van der Waals surface area contributed by atoms with Crippen molar-refractivity contribution in [3.05, 3.63) is 0 Å². The first kappa shape index (κ1) is 19.4. The zero-order valence-electron chi connectivity index (χ0n) is 2.82. The summed E-state index contributed by atoms with van der Waals surface area (Å²) in [6.07, 6.45) is 0. The van der Waals surface area contributed by atoms with Crippen molar-refractivity contribution in [2.75, 3.05) is 0 Å². The molecule has 0 aliphatic carbocycles. The molecular weight excluding hydrogens is 45.9 g/mol. The first-order valence-corrected chi connectivity index (χ1v) is 0.167. The minimum Gasteiger partial charge on any atom is -1.00 e. The monoisotopic (exact) mass is 46.0 g/mol. The molecule has 0 N–H and O–H groups in total. The van der Waals surface area contributed by atoms with Crippen molar-refractivity contribution in [1.29, 1.82) is 0 Å². The summed E-state index contributed by atoms with van der Waals surface area (Å²) in [5, 5.41) is 14.0. The number of hydrogen-bond donors (Lipinski definition) is 0. The quantitative estimate of drug-likeness (QED) is 0.154. The minimum absolute atomic E-state index is 0. The second-order valence-corrected chi connectivity index (χ2v) is 0. The zero-order valence-corrected chi connectivity index (χ0v) is 2.82. The van der Waals surface area contributed by atoms with Gasteiger partial charge in [0.05, 0.1) is 0 Å². The van der Waals surface area contributed by atoms with Crippen molar-refractivity contribution in [2.45, 2.75) is 0 Å². The molecule has 4 heavy (non-hydrogen) atoms. The van der Waals surface area contributed by atoms with Gasteiger partial charge in [-0.15, -0.1) is 0 Å². The molecule has 4 heteroatoms. The van der Waals surface area contributed by atoms with Crippen LogP contribution in [0.2, 0.25) is 0 Å². The van der Waals surface area contributed by atoms with Gasteiger partial charge in [0.1, 0.15) is 0 Å². The van der Waals surface area contributed by atoms with E-state index in [4.69, 9.17) is 10.5 Å². The molecule has 0 aliphatic rings. The van der Waals surface area contributed by atoms with E-state index in [1.807, 2.05) is 0 Å². The Morgan fingerprint density at radius 1 is 0.750 bits per heavy atom. The Morgan fingerprint density at radius 3 is 0.750 bits per heavy atom. The predicted octanol–water partition coefficient (Wildman–Crippen LogP) is -8.37. The van der Waals surface area contributed by atoms with Crippen LogP contribution in [0.25, 0.3) is 0 Å². The summed E-state index contributed by atoms with van der Waals surface area (Å²) in [5.74, 6) is 0. The summed E-state index contributed by atoms with van der Waals surface area (Å²) < 4.78 is 0. The van der Waals surface area contributed by atoms with Crippen LogP contribution >= 0.6 is 0 Å². The molecule has 0 spiro atoms. The first-order chi connectivity index (χ1) is 1.00. The second kappa shape index (κ2) is 32.1. The van der Waals surface area contributed by atoms with E-state index in [0.29, 0.717) is 0 Å². The van der Waals surface area contributed by atoms with Crippen LogP contribution in [0.5, 0.6) is 0 Å². The fourth-order valence-corrected chi connectivity index (χ4v) is 0. The summed E-state index contributed by atoms with van der Waals surface area (Å²) in [4.78, 5) is 0. The SMILES string of the molecule is [Li+].[Li+].[O-][O-]. The van der Waals surface area contributed by atoms with Crippen LogP contribution in [0.15, 0.2) is 0 Å². The summed E-state index contributed by atoms with van der Waals surface area (Å²) >= 11 is 0. The standard InChI is InChI=1S/2Li.O2/c;;1-2/q2*+1;-2.